The lowest BCUT2D eigenvalue weighted by Gasteiger charge is -2.39. The molecule has 21 heavy (non-hydrogen) atoms. The molecular formula is C16H31N3O2. The van der Waals surface area contributed by atoms with Crippen molar-refractivity contribution in [3.05, 3.63) is 0 Å². The van der Waals surface area contributed by atoms with Crippen LogP contribution in [-0.4, -0.2) is 67.7 Å². The molecule has 1 atom stereocenters. The number of nitrogens with zero attached hydrogens (tertiary/aromatic N) is 2. The zero-order chi connectivity index (χ0) is 15.5. The maximum absolute atomic E-state index is 12.4. The summed E-state index contributed by atoms with van der Waals surface area (Å²) in [4.78, 5) is 16.8. The summed E-state index contributed by atoms with van der Waals surface area (Å²) in [5.74, 6) is 0.867. The summed E-state index contributed by atoms with van der Waals surface area (Å²) in [5.41, 5.74) is 5.92. The van der Waals surface area contributed by atoms with Crippen molar-refractivity contribution in [1.82, 2.24) is 9.80 Å². The molecule has 2 N–H and O–H groups in total. The number of ether oxygens (including phenoxy) is 1. The van der Waals surface area contributed by atoms with Crippen LogP contribution in [0.5, 0.6) is 0 Å². The van der Waals surface area contributed by atoms with Crippen molar-refractivity contribution in [2.45, 2.75) is 39.7 Å². The molecular weight excluding hydrogens is 266 g/mol. The fourth-order valence-electron chi connectivity index (χ4n) is 3.01. The fraction of sp³-hybridized carbons (Fsp3) is 0.938. The van der Waals surface area contributed by atoms with Gasteiger partial charge < -0.3 is 15.4 Å². The molecule has 0 aromatic heterocycles. The zero-order valence-electron chi connectivity index (χ0n) is 13.8. The normalized spacial score (nSPS) is 24.1. The van der Waals surface area contributed by atoms with E-state index in [1.807, 2.05) is 25.7 Å². The highest BCUT2D eigenvalue weighted by molar-refractivity contribution is 5.82. The predicted octanol–water partition coefficient (Wildman–Crippen LogP) is 0.931. The number of amides is 1. The summed E-state index contributed by atoms with van der Waals surface area (Å²) in [6.45, 7) is 12.6. The molecule has 0 spiro atoms. The third kappa shape index (κ3) is 4.66. The van der Waals surface area contributed by atoms with Crippen LogP contribution in [0, 0.1) is 11.3 Å². The molecule has 5 heteroatoms. The van der Waals surface area contributed by atoms with Crippen LogP contribution in [0.4, 0.5) is 0 Å². The van der Waals surface area contributed by atoms with Crippen LogP contribution in [-0.2, 0) is 9.53 Å². The zero-order valence-corrected chi connectivity index (χ0v) is 13.8. The van der Waals surface area contributed by atoms with Gasteiger partial charge >= 0.3 is 0 Å². The van der Waals surface area contributed by atoms with E-state index in [1.165, 1.54) is 12.8 Å². The van der Waals surface area contributed by atoms with Gasteiger partial charge in [0.25, 0.3) is 0 Å². The fourth-order valence-corrected chi connectivity index (χ4v) is 3.01. The molecule has 2 saturated heterocycles. The second-order valence-corrected chi connectivity index (χ2v) is 7.53. The van der Waals surface area contributed by atoms with Gasteiger partial charge in [0.05, 0.1) is 6.04 Å². The Morgan fingerprint density at radius 2 is 1.76 bits per heavy atom. The summed E-state index contributed by atoms with van der Waals surface area (Å²) < 4.78 is 5.41. The highest BCUT2D eigenvalue weighted by atomic mass is 16.5. The smallest absolute Gasteiger partial charge is 0.240 e. The van der Waals surface area contributed by atoms with Gasteiger partial charge in [-0.25, -0.2) is 0 Å². The molecule has 0 saturated carbocycles. The average Bonchev–Trinajstić information content (AvgIpc) is 2.46. The predicted molar refractivity (Wildman–Crippen MR) is 84.0 cm³/mol. The Morgan fingerprint density at radius 1 is 1.19 bits per heavy atom. The molecule has 0 aromatic carbocycles. The molecule has 0 aromatic rings. The maximum Gasteiger partial charge on any atom is 0.240 e. The second-order valence-electron chi connectivity index (χ2n) is 7.53. The summed E-state index contributed by atoms with van der Waals surface area (Å²) in [6.07, 6.45) is 2.35. The first kappa shape index (κ1) is 16.7. The van der Waals surface area contributed by atoms with E-state index >= 15 is 0 Å². The summed E-state index contributed by atoms with van der Waals surface area (Å²) >= 11 is 0. The van der Waals surface area contributed by atoms with Crippen LogP contribution in [0.25, 0.3) is 0 Å². The lowest BCUT2D eigenvalue weighted by atomic mass is 9.86. The number of nitrogens with two attached hydrogens (primary N) is 1. The average molecular weight is 297 g/mol. The van der Waals surface area contributed by atoms with Crippen LogP contribution in [0.1, 0.15) is 33.6 Å². The molecule has 2 heterocycles. The van der Waals surface area contributed by atoms with Gasteiger partial charge in [0.2, 0.25) is 5.91 Å². The molecule has 122 valence electrons. The van der Waals surface area contributed by atoms with E-state index in [4.69, 9.17) is 10.5 Å². The molecule has 0 radical (unpaired) electrons. The minimum atomic E-state index is -0.403. The largest absolute Gasteiger partial charge is 0.381 e. The van der Waals surface area contributed by atoms with Gasteiger partial charge in [0.1, 0.15) is 0 Å². The first-order chi connectivity index (χ1) is 9.88. The minimum Gasteiger partial charge on any atom is -0.381 e. The Morgan fingerprint density at radius 3 is 2.29 bits per heavy atom. The second kappa shape index (κ2) is 7.07. The van der Waals surface area contributed by atoms with Crippen molar-refractivity contribution >= 4 is 5.91 Å². The Bertz CT molecular complexity index is 340. The first-order valence-electron chi connectivity index (χ1n) is 8.22. The molecule has 2 fully saturated rings. The third-order valence-electron chi connectivity index (χ3n) is 4.74. The summed E-state index contributed by atoms with van der Waals surface area (Å²) in [6, 6.07) is -0.403. The van der Waals surface area contributed by atoms with Crippen molar-refractivity contribution in [1.29, 1.82) is 0 Å². The van der Waals surface area contributed by atoms with Crippen LogP contribution >= 0.6 is 0 Å². The number of carbonyl (C=O) groups is 1. The van der Waals surface area contributed by atoms with Crippen molar-refractivity contribution < 1.29 is 9.53 Å². The lowest BCUT2D eigenvalue weighted by Crippen LogP contribution is -2.56. The Hall–Kier alpha value is -0.650. The first-order valence-corrected chi connectivity index (χ1v) is 8.22. The van der Waals surface area contributed by atoms with E-state index in [-0.39, 0.29) is 11.3 Å². The maximum atomic E-state index is 12.4. The van der Waals surface area contributed by atoms with Gasteiger partial charge in [-0.2, -0.15) is 0 Å². The van der Waals surface area contributed by atoms with Crippen LogP contribution in [0.2, 0.25) is 0 Å². The van der Waals surface area contributed by atoms with E-state index in [1.54, 1.807) is 0 Å². The van der Waals surface area contributed by atoms with Gasteiger partial charge in [-0.15, -0.1) is 0 Å². The lowest BCUT2D eigenvalue weighted by molar-refractivity contribution is -0.136. The number of carbonyl (C=O) groups excluding carboxylic acids is 1. The van der Waals surface area contributed by atoms with Crippen LogP contribution in [0.3, 0.4) is 0 Å². The topological polar surface area (TPSA) is 58.8 Å². The minimum absolute atomic E-state index is 0.105. The number of hydrogen-bond acceptors (Lipinski definition) is 4. The van der Waals surface area contributed by atoms with Crippen molar-refractivity contribution in [3.8, 4) is 0 Å². The molecule has 2 aliphatic rings. The Balaban J connectivity index is 1.76. The Kier molecular flexibility index (Phi) is 5.63. The Labute approximate surface area is 128 Å². The van der Waals surface area contributed by atoms with E-state index in [9.17, 15) is 4.79 Å². The highest BCUT2D eigenvalue weighted by Crippen LogP contribution is 2.21. The van der Waals surface area contributed by atoms with Gasteiger partial charge in [0, 0.05) is 45.9 Å². The quantitative estimate of drug-likeness (QED) is 0.842. The van der Waals surface area contributed by atoms with Gasteiger partial charge in [-0.05, 0) is 24.2 Å². The van der Waals surface area contributed by atoms with Gasteiger partial charge in [-0.3, -0.25) is 9.69 Å². The molecule has 0 aliphatic carbocycles. The van der Waals surface area contributed by atoms with Gasteiger partial charge in [0.15, 0.2) is 0 Å². The molecule has 5 nitrogen and oxygen atoms in total. The van der Waals surface area contributed by atoms with E-state index in [2.05, 4.69) is 4.90 Å². The third-order valence-corrected chi connectivity index (χ3v) is 4.74. The standard InChI is InChI=1S/C16H31N3O2/c1-16(2,3)14(17)15(20)19-8-6-18(7-9-19)12-13-4-10-21-11-5-13/h13-14H,4-12,17H2,1-3H3/t14-/m1/s1. The van der Waals surface area contributed by atoms with E-state index in [0.29, 0.717) is 0 Å². The van der Waals surface area contributed by atoms with E-state index < -0.39 is 6.04 Å². The molecule has 1 amide bonds. The SMILES string of the molecule is CC(C)(C)[C@H](N)C(=O)N1CCN(CC2CCOCC2)CC1. The van der Waals surface area contributed by atoms with Crippen LogP contribution < -0.4 is 5.73 Å². The van der Waals surface area contributed by atoms with Crippen molar-refractivity contribution in [3.63, 3.8) is 0 Å². The van der Waals surface area contributed by atoms with Crippen LogP contribution in [0.15, 0.2) is 0 Å². The summed E-state index contributed by atoms with van der Waals surface area (Å²) in [7, 11) is 0. The molecule has 0 unspecified atom stereocenters. The monoisotopic (exact) mass is 297 g/mol. The molecule has 2 rings (SSSR count). The number of rotatable bonds is 3. The van der Waals surface area contributed by atoms with Crippen molar-refractivity contribution in [2.24, 2.45) is 17.1 Å². The molecule has 2 aliphatic heterocycles. The van der Waals surface area contributed by atoms with E-state index in [0.717, 1.165) is 51.9 Å². The molecule has 0 bridgehead atoms. The summed E-state index contributed by atoms with van der Waals surface area (Å²) in [5, 5.41) is 0. The highest BCUT2D eigenvalue weighted by Gasteiger charge is 2.32. The van der Waals surface area contributed by atoms with Crippen molar-refractivity contribution in [2.75, 3.05) is 45.9 Å². The van der Waals surface area contributed by atoms with Gasteiger partial charge in [-0.1, -0.05) is 20.8 Å². The number of hydrogen-bond donors (Lipinski definition) is 1. The number of piperazine rings is 1.